The van der Waals surface area contributed by atoms with Crippen molar-refractivity contribution in [3.63, 3.8) is 0 Å². The van der Waals surface area contributed by atoms with Crippen molar-refractivity contribution in [2.75, 3.05) is 11.9 Å². The Morgan fingerprint density at radius 3 is 3.05 bits per heavy atom. The number of pyridine rings is 1. The Kier molecular flexibility index (Phi) is 3.33. The molecule has 0 spiro atoms. The van der Waals surface area contributed by atoms with Crippen molar-refractivity contribution in [3.05, 3.63) is 30.1 Å². The molecule has 0 aliphatic carbocycles. The third-order valence-electron chi connectivity index (χ3n) is 3.77. The summed E-state index contributed by atoms with van der Waals surface area (Å²) in [5, 5.41) is 12.7. The lowest BCUT2D eigenvalue weighted by Crippen LogP contribution is -2.40. The number of carboxylic acid groups (broad SMARTS) is 1. The summed E-state index contributed by atoms with van der Waals surface area (Å²) in [6.07, 6.45) is 3.38. The van der Waals surface area contributed by atoms with E-state index in [-0.39, 0.29) is 17.3 Å². The van der Waals surface area contributed by atoms with Gasteiger partial charge in [0, 0.05) is 18.8 Å². The molecule has 1 saturated heterocycles. The average Bonchev–Trinajstić information content (AvgIpc) is 2.75. The number of aromatic nitrogens is 2. The van der Waals surface area contributed by atoms with Crippen molar-refractivity contribution in [1.82, 2.24) is 9.38 Å². The number of ether oxygens (including phenoxy) is 1. The number of aromatic carboxylic acids is 1. The fraction of sp³-hybridized carbons (Fsp3) is 0.467. The highest BCUT2D eigenvalue weighted by Gasteiger charge is 2.30. The molecule has 2 N–H and O–H groups in total. The minimum Gasteiger partial charge on any atom is -0.476 e. The van der Waals surface area contributed by atoms with Crippen LogP contribution < -0.4 is 5.32 Å². The molecule has 0 bridgehead atoms. The van der Waals surface area contributed by atoms with E-state index in [9.17, 15) is 9.90 Å². The van der Waals surface area contributed by atoms with Crippen LogP contribution in [0.25, 0.3) is 5.65 Å². The van der Waals surface area contributed by atoms with E-state index in [4.69, 9.17) is 4.74 Å². The smallest absolute Gasteiger partial charge is 0.356 e. The Morgan fingerprint density at radius 2 is 2.33 bits per heavy atom. The molecular weight excluding hydrogens is 270 g/mol. The number of fused-ring (bicyclic) bond motifs is 1. The van der Waals surface area contributed by atoms with E-state index < -0.39 is 5.97 Å². The summed E-state index contributed by atoms with van der Waals surface area (Å²) < 4.78 is 7.28. The highest BCUT2D eigenvalue weighted by Crippen LogP contribution is 2.27. The molecule has 0 radical (unpaired) electrons. The number of carbonyl (C=O) groups is 1. The molecule has 1 fully saturated rings. The van der Waals surface area contributed by atoms with E-state index in [1.165, 1.54) is 0 Å². The second-order valence-corrected chi connectivity index (χ2v) is 5.99. The van der Waals surface area contributed by atoms with E-state index in [0.717, 1.165) is 12.8 Å². The number of nitrogens with zero attached hydrogens (tertiary/aromatic N) is 2. The molecule has 1 aliphatic rings. The number of hydrogen-bond donors (Lipinski definition) is 2. The van der Waals surface area contributed by atoms with E-state index in [2.05, 4.69) is 10.3 Å². The normalized spacial score (nSPS) is 21.3. The molecule has 6 nitrogen and oxygen atoms in total. The van der Waals surface area contributed by atoms with Gasteiger partial charge in [-0.2, -0.15) is 0 Å². The molecule has 1 atom stereocenters. The maximum Gasteiger partial charge on any atom is 0.356 e. The predicted octanol–water partition coefficient (Wildman–Crippen LogP) is 2.40. The maximum atomic E-state index is 11.5. The fourth-order valence-corrected chi connectivity index (χ4v) is 2.85. The molecule has 2 aromatic heterocycles. The van der Waals surface area contributed by atoms with Gasteiger partial charge in [0.2, 0.25) is 0 Å². The Morgan fingerprint density at radius 1 is 1.52 bits per heavy atom. The lowest BCUT2D eigenvalue weighted by molar-refractivity contribution is -0.0553. The number of carboxylic acids is 1. The van der Waals surface area contributed by atoms with Crippen LogP contribution in [0, 0.1) is 0 Å². The van der Waals surface area contributed by atoms with Crippen molar-refractivity contribution >= 4 is 17.4 Å². The monoisotopic (exact) mass is 289 g/mol. The zero-order chi connectivity index (χ0) is 15.0. The first-order valence-electron chi connectivity index (χ1n) is 7.07. The van der Waals surface area contributed by atoms with Crippen LogP contribution >= 0.6 is 0 Å². The fourth-order valence-electron chi connectivity index (χ4n) is 2.85. The Balaban J connectivity index is 1.93. The van der Waals surface area contributed by atoms with Crippen molar-refractivity contribution < 1.29 is 14.6 Å². The van der Waals surface area contributed by atoms with Gasteiger partial charge in [0.25, 0.3) is 0 Å². The Bertz CT molecular complexity index is 678. The largest absolute Gasteiger partial charge is 0.476 e. The topological polar surface area (TPSA) is 75.9 Å². The summed E-state index contributed by atoms with van der Waals surface area (Å²) in [4.78, 5) is 15.9. The lowest BCUT2D eigenvalue weighted by Gasteiger charge is -2.35. The summed E-state index contributed by atoms with van der Waals surface area (Å²) >= 11 is 0. The second-order valence-electron chi connectivity index (χ2n) is 5.99. The molecule has 1 unspecified atom stereocenters. The van der Waals surface area contributed by atoms with Crippen LogP contribution in [0.1, 0.15) is 37.2 Å². The van der Waals surface area contributed by atoms with Crippen molar-refractivity contribution in [2.45, 2.75) is 38.3 Å². The van der Waals surface area contributed by atoms with E-state index in [1.807, 2.05) is 19.9 Å². The SMILES string of the molecule is CC1(C)CC(Nc2nc3ccccn3c2C(=O)O)CCO1. The molecule has 3 rings (SSSR count). The molecule has 21 heavy (non-hydrogen) atoms. The minimum atomic E-state index is -0.984. The Labute approximate surface area is 122 Å². The van der Waals surface area contributed by atoms with Gasteiger partial charge in [-0.25, -0.2) is 9.78 Å². The summed E-state index contributed by atoms with van der Waals surface area (Å²) in [6.45, 7) is 4.76. The van der Waals surface area contributed by atoms with Crippen molar-refractivity contribution in [3.8, 4) is 0 Å². The summed E-state index contributed by atoms with van der Waals surface area (Å²) in [5.74, 6) is -0.557. The third-order valence-corrected chi connectivity index (χ3v) is 3.77. The van der Waals surface area contributed by atoms with Gasteiger partial charge in [-0.15, -0.1) is 0 Å². The average molecular weight is 289 g/mol. The molecular formula is C15H19N3O3. The molecule has 3 heterocycles. The zero-order valence-electron chi connectivity index (χ0n) is 12.2. The summed E-state index contributed by atoms with van der Waals surface area (Å²) in [7, 11) is 0. The standard InChI is InChI=1S/C15H19N3O3/c1-15(2)9-10(6-8-21-15)16-13-12(14(19)20)18-7-4-3-5-11(18)17-13/h3-5,7,10,16H,6,8-9H2,1-2H3,(H,19,20). The number of hydrogen-bond acceptors (Lipinski definition) is 4. The minimum absolute atomic E-state index is 0.164. The molecule has 0 saturated carbocycles. The quantitative estimate of drug-likeness (QED) is 0.907. The molecule has 6 heteroatoms. The number of nitrogens with one attached hydrogen (secondary N) is 1. The van der Waals surface area contributed by atoms with Gasteiger partial charge in [0.1, 0.15) is 5.65 Å². The van der Waals surface area contributed by atoms with Crippen LogP contribution in [0.2, 0.25) is 0 Å². The maximum absolute atomic E-state index is 11.5. The number of imidazole rings is 1. The van der Waals surface area contributed by atoms with Crippen LogP contribution in [0.4, 0.5) is 5.82 Å². The third kappa shape index (κ3) is 2.71. The summed E-state index contributed by atoms with van der Waals surface area (Å²) in [6, 6.07) is 5.60. The molecule has 0 amide bonds. The van der Waals surface area contributed by atoms with Crippen molar-refractivity contribution in [1.29, 1.82) is 0 Å². The van der Waals surface area contributed by atoms with Crippen LogP contribution in [0.5, 0.6) is 0 Å². The molecule has 2 aromatic rings. The molecule has 1 aliphatic heterocycles. The van der Waals surface area contributed by atoms with E-state index in [1.54, 1.807) is 22.7 Å². The van der Waals surface area contributed by atoms with Crippen LogP contribution in [0.15, 0.2) is 24.4 Å². The van der Waals surface area contributed by atoms with Crippen LogP contribution in [-0.4, -0.2) is 38.7 Å². The van der Waals surface area contributed by atoms with Gasteiger partial charge in [0.15, 0.2) is 11.5 Å². The van der Waals surface area contributed by atoms with Gasteiger partial charge >= 0.3 is 5.97 Å². The van der Waals surface area contributed by atoms with Gasteiger partial charge in [0.05, 0.1) is 5.60 Å². The van der Waals surface area contributed by atoms with Crippen LogP contribution in [-0.2, 0) is 4.74 Å². The van der Waals surface area contributed by atoms with E-state index in [0.29, 0.717) is 18.1 Å². The van der Waals surface area contributed by atoms with Crippen LogP contribution in [0.3, 0.4) is 0 Å². The first kappa shape index (κ1) is 13.9. The highest BCUT2D eigenvalue weighted by atomic mass is 16.5. The molecule has 112 valence electrons. The highest BCUT2D eigenvalue weighted by molar-refractivity contribution is 5.93. The van der Waals surface area contributed by atoms with Gasteiger partial charge in [-0.1, -0.05) is 6.07 Å². The first-order chi connectivity index (χ1) is 9.96. The van der Waals surface area contributed by atoms with Gasteiger partial charge < -0.3 is 15.2 Å². The second kappa shape index (κ2) is 5.04. The van der Waals surface area contributed by atoms with Gasteiger partial charge in [-0.3, -0.25) is 4.40 Å². The van der Waals surface area contributed by atoms with Crippen molar-refractivity contribution in [2.24, 2.45) is 0 Å². The number of anilines is 1. The van der Waals surface area contributed by atoms with E-state index >= 15 is 0 Å². The van der Waals surface area contributed by atoms with Gasteiger partial charge in [-0.05, 0) is 38.8 Å². The summed E-state index contributed by atoms with van der Waals surface area (Å²) in [5.41, 5.74) is 0.608. The Hall–Kier alpha value is -2.08. The predicted molar refractivity (Wildman–Crippen MR) is 78.8 cm³/mol. The zero-order valence-corrected chi connectivity index (χ0v) is 12.2. The lowest BCUT2D eigenvalue weighted by atomic mass is 9.94. The number of rotatable bonds is 3. The molecule has 0 aromatic carbocycles. The first-order valence-corrected chi connectivity index (χ1v) is 7.07.